The van der Waals surface area contributed by atoms with Crippen molar-refractivity contribution in [1.29, 1.82) is 0 Å². The van der Waals surface area contributed by atoms with Crippen LogP contribution in [0.4, 0.5) is 11.4 Å². The Kier molecular flexibility index (Phi) is 7.83. The maximum absolute atomic E-state index is 13.3. The van der Waals surface area contributed by atoms with Crippen LogP contribution in [0.25, 0.3) is 0 Å². The summed E-state index contributed by atoms with van der Waals surface area (Å²) >= 11 is 0. The van der Waals surface area contributed by atoms with E-state index in [1.807, 2.05) is 69.2 Å². The standard InChI is InChI=1S/C26H31N3O4S/c1-6-29(18-20-9-14-23(15-10-20)28(3)4)26(30)21-11-16-24(33-5)25(17-21)34(31,32)27-22-12-7-19(2)8-13-22/h7-17,27H,6,18H2,1-5H3. The zero-order chi connectivity index (χ0) is 24.9. The quantitative estimate of drug-likeness (QED) is 0.486. The van der Waals surface area contributed by atoms with Gasteiger partial charge in [0.2, 0.25) is 0 Å². The lowest BCUT2D eigenvalue weighted by Gasteiger charge is -2.22. The summed E-state index contributed by atoms with van der Waals surface area (Å²) in [6.07, 6.45) is 0. The first kappa shape index (κ1) is 25.1. The summed E-state index contributed by atoms with van der Waals surface area (Å²) < 4.78 is 34.1. The number of ether oxygens (including phenoxy) is 1. The molecular formula is C26H31N3O4S. The van der Waals surface area contributed by atoms with Gasteiger partial charge in [-0.2, -0.15) is 0 Å². The van der Waals surface area contributed by atoms with Crippen LogP contribution in [-0.4, -0.2) is 47.0 Å². The number of carbonyl (C=O) groups is 1. The number of sulfonamides is 1. The van der Waals surface area contributed by atoms with E-state index in [9.17, 15) is 13.2 Å². The smallest absolute Gasteiger partial charge is 0.265 e. The van der Waals surface area contributed by atoms with Crippen LogP contribution in [0.2, 0.25) is 0 Å². The molecule has 0 aliphatic carbocycles. The number of benzene rings is 3. The van der Waals surface area contributed by atoms with Crippen molar-refractivity contribution in [3.8, 4) is 5.75 Å². The van der Waals surface area contributed by atoms with E-state index < -0.39 is 10.0 Å². The van der Waals surface area contributed by atoms with Crippen LogP contribution in [0.15, 0.2) is 71.6 Å². The van der Waals surface area contributed by atoms with Crippen LogP contribution >= 0.6 is 0 Å². The van der Waals surface area contributed by atoms with Gasteiger partial charge in [0.1, 0.15) is 10.6 Å². The molecule has 0 saturated carbocycles. The Balaban J connectivity index is 1.87. The Hall–Kier alpha value is -3.52. The summed E-state index contributed by atoms with van der Waals surface area (Å²) in [5.74, 6) is -0.0906. The number of anilines is 2. The topological polar surface area (TPSA) is 79.0 Å². The first-order chi connectivity index (χ1) is 16.1. The molecule has 3 aromatic rings. The highest BCUT2D eigenvalue weighted by Crippen LogP contribution is 2.28. The number of carbonyl (C=O) groups excluding carboxylic acids is 1. The predicted octanol–water partition coefficient (Wildman–Crippen LogP) is 4.53. The van der Waals surface area contributed by atoms with Gasteiger partial charge in [0.05, 0.1) is 7.11 Å². The lowest BCUT2D eigenvalue weighted by atomic mass is 10.1. The minimum atomic E-state index is -3.98. The van der Waals surface area contributed by atoms with E-state index in [-0.39, 0.29) is 22.1 Å². The second kappa shape index (κ2) is 10.6. The molecule has 180 valence electrons. The van der Waals surface area contributed by atoms with Crippen molar-refractivity contribution in [3.05, 3.63) is 83.4 Å². The van der Waals surface area contributed by atoms with Gasteiger partial charge in [0, 0.05) is 44.1 Å². The molecule has 0 radical (unpaired) electrons. The first-order valence-corrected chi connectivity index (χ1v) is 12.5. The van der Waals surface area contributed by atoms with Gasteiger partial charge < -0.3 is 14.5 Å². The van der Waals surface area contributed by atoms with Crippen LogP contribution in [0.5, 0.6) is 5.75 Å². The van der Waals surface area contributed by atoms with E-state index in [1.54, 1.807) is 23.1 Å². The highest BCUT2D eigenvalue weighted by atomic mass is 32.2. The zero-order valence-corrected chi connectivity index (χ0v) is 21.0. The molecule has 0 heterocycles. The second-order valence-corrected chi connectivity index (χ2v) is 9.87. The number of hydrogen-bond donors (Lipinski definition) is 1. The van der Waals surface area contributed by atoms with Gasteiger partial charge in [0.25, 0.3) is 15.9 Å². The van der Waals surface area contributed by atoms with Crippen molar-refractivity contribution >= 4 is 27.3 Å². The highest BCUT2D eigenvalue weighted by molar-refractivity contribution is 7.92. The van der Waals surface area contributed by atoms with E-state index in [2.05, 4.69) is 4.72 Å². The highest BCUT2D eigenvalue weighted by Gasteiger charge is 2.24. The molecule has 0 aliphatic rings. The lowest BCUT2D eigenvalue weighted by Crippen LogP contribution is -2.30. The van der Waals surface area contributed by atoms with Crippen molar-refractivity contribution < 1.29 is 17.9 Å². The average molecular weight is 482 g/mol. The van der Waals surface area contributed by atoms with E-state index in [4.69, 9.17) is 4.74 Å². The van der Waals surface area contributed by atoms with Crippen molar-refractivity contribution in [1.82, 2.24) is 4.90 Å². The van der Waals surface area contributed by atoms with Crippen LogP contribution in [-0.2, 0) is 16.6 Å². The minimum Gasteiger partial charge on any atom is -0.495 e. The van der Waals surface area contributed by atoms with Crippen molar-refractivity contribution in [3.63, 3.8) is 0 Å². The van der Waals surface area contributed by atoms with Gasteiger partial charge in [0.15, 0.2) is 0 Å². The Morgan fingerprint density at radius 2 is 1.62 bits per heavy atom. The predicted molar refractivity (Wildman–Crippen MR) is 136 cm³/mol. The number of amides is 1. The molecule has 0 bridgehead atoms. The third-order valence-corrected chi connectivity index (χ3v) is 6.90. The summed E-state index contributed by atoms with van der Waals surface area (Å²) in [5, 5.41) is 0. The molecule has 3 aromatic carbocycles. The molecular weight excluding hydrogens is 450 g/mol. The van der Waals surface area contributed by atoms with Crippen LogP contribution in [0.3, 0.4) is 0 Å². The average Bonchev–Trinajstić information content (AvgIpc) is 2.83. The zero-order valence-electron chi connectivity index (χ0n) is 20.2. The SMILES string of the molecule is CCN(Cc1ccc(N(C)C)cc1)C(=O)c1ccc(OC)c(S(=O)(=O)Nc2ccc(C)cc2)c1. The summed E-state index contributed by atoms with van der Waals surface area (Å²) in [6, 6.07) is 19.5. The molecule has 8 heteroatoms. The number of rotatable bonds is 9. The summed E-state index contributed by atoms with van der Waals surface area (Å²) in [7, 11) is 1.36. The number of nitrogens with one attached hydrogen (secondary N) is 1. The Labute approximate surface area is 202 Å². The fourth-order valence-corrected chi connectivity index (χ4v) is 4.74. The number of aryl methyl sites for hydroxylation is 1. The summed E-state index contributed by atoms with van der Waals surface area (Å²) in [6.45, 7) is 4.71. The summed E-state index contributed by atoms with van der Waals surface area (Å²) in [4.78, 5) is 16.9. The van der Waals surface area contributed by atoms with Crippen LogP contribution in [0, 0.1) is 6.92 Å². The fourth-order valence-electron chi connectivity index (χ4n) is 3.48. The van der Waals surface area contributed by atoms with Gasteiger partial charge in [-0.25, -0.2) is 8.42 Å². The molecule has 0 saturated heterocycles. The molecule has 3 rings (SSSR count). The Bertz CT molecular complexity index is 1240. The summed E-state index contributed by atoms with van der Waals surface area (Å²) in [5.41, 5.74) is 3.79. The number of hydrogen-bond acceptors (Lipinski definition) is 5. The molecule has 1 N–H and O–H groups in total. The van der Waals surface area contributed by atoms with Gasteiger partial charge in [-0.1, -0.05) is 29.8 Å². The van der Waals surface area contributed by atoms with Crippen molar-refractivity contribution in [2.75, 3.05) is 37.4 Å². The maximum atomic E-state index is 13.3. The second-order valence-electron chi connectivity index (χ2n) is 8.22. The van der Waals surface area contributed by atoms with Gasteiger partial charge in [-0.15, -0.1) is 0 Å². The molecule has 0 aromatic heterocycles. The molecule has 0 atom stereocenters. The van der Waals surface area contributed by atoms with Crippen LogP contribution < -0.4 is 14.4 Å². The van der Waals surface area contributed by atoms with Gasteiger partial charge >= 0.3 is 0 Å². The Morgan fingerprint density at radius 3 is 2.18 bits per heavy atom. The number of nitrogens with zero attached hydrogens (tertiary/aromatic N) is 2. The fraction of sp³-hybridized carbons (Fsp3) is 0.269. The van der Waals surface area contributed by atoms with Gasteiger partial charge in [-0.05, 0) is 61.9 Å². The van der Waals surface area contributed by atoms with E-state index in [0.717, 1.165) is 16.8 Å². The normalized spacial score (nSPS) is 11.1. The molecule has 0 unspecified atom stereocenters. The third kappa shape index (κ3) is 5.88. The van der Waals surface area contributed by atoms with Gasteiger partial charge in [-0.3, -0.25) is 9.52 Å². The molecule has 34 heavy (non-hydrogen) atoms. The molecule has 0 aliphatic heterocycles. The van der Waals surface area contributed by atoms with Crippen LogP contribution in [0.1, 0.15) is 28.4 Å². The van der Waals surface area contributed by atoms with E-state index >= 15 is 0 Å². The van der Waals surface area contributed by atoms with E-state index in [1.165, 1.54) is 19.2 Å². The molecule has 7 nitrogen and oxygen atoms in total. The molecule has 0 fully saturated rings. The van der Waals surface area contributed by atoms with E-state index in [0.29, 0.717) is 18.8 Å². The van der Waals surface area contributed by atoms with Crippen molar-refractivity contribution in [2.45, 2.75) is 25.3 Å². The largest absolute Gasteiger partial charge is 0.495 e. The molecule has 1 amide bonds. The minimum absolute atomic E-state index is 0.0900. The maximum Gasteiger partial charge on any atom is 0.265 e. The molecule has 0 spiro atoms. The first-order valence-electron chi connectivity index (χ1n) is 11.0. The monoisotopic (exact) mass is 481 g/mol. The number of methoxy groups -OCH3 is 1. The Morgan fingerprint density at radius 1 is 0.971 bits per heavy atom. The van der Waals surface area contributed by atoms with Crippen molar-refractivity contribution in [2.24, 2.45) is 0 Å². The third-order valence-electron chi connectivity index (χ3n) is 5.50. The lowest BCUT2D eigenvalue weighted by molar-refractivity contribution is 0.0752.